The third-order valence-corrected chi connectivity index (χ3v) is 3.06. The summed E-state index contributed by atoms with van der Waals surface area (Å²) in [5.41, 5.74) is -0.294. The van der Waals surface area contributed by atoms with Gasteiger partial charge in [-0.05, 0) is 32.7 Å². The number of hydrogen-bond acceptors (Lipinski definition) is 3. The van der Waals surface area contributed by atoms with Crippen molar-refractivity contribution >= 4 is 5.91 Å². The van der Waals surface area contributed by atoms with Crippen LogP contribution in [-0.2, 0) is 9.53 Å². The first-order valence-corrected chi connectivity index (χ1v) is 5.52. The highest BCUT2D eigenvalue weighted by Gasteiger charge is 2.30. The van der Waals surface area contributed by atoms with Crippen LogP contribution in [0.1, 0.15) is 27.2 Å². The fourth-order valence-corrected chi connectivity index (χ4v) is 1.67. The molecule has 0 aromatic carbocycles. The van der Waals surface area contributed by atoms with E-state index < -0.39 is 0 Å². The predicted octanol–water partition coefficient (Wildman–Crippen LogP) is 0.526. The number of amides is 1. The maximum atomic E-state index is 11.8. The summed E-state index contributed by atoms with van der Waals surface area (Å²) >= 11 is 0. The first-order chi connectivity index (χ1) is 6.96. The Hall–Kier alpha value is -0.610. The van der Waals surface area contributed by atoms with Crippen molar-refractivity contribution in [3.63, 3.8) is 0 Å². The summed E-state index contributed by atoms with van der Waals surface area (Å²) in [6.07, 6.45) is 1.08. The van der Waals surface area contributed by atoms with Crippen molar-refractivity contribution in [3.05, 3.63) is 0 Å². The molecule has 1 aliphatic rings. The van der Waals surface area contributed by atoms with Crippen LogP contribution in [0.25, 0.3) is 0 Å². The van der Waals surface area contributed by atoms with Crippen molar-refractivity contribution in [2.24, 2.45) is 5.92 Å². The molecule has 15 heavy (non-hydrogen) atoms. The molecule has 0 saturated carbocycles. The first kappa shape index (κ1) is 12.5. The fourth-order valence-electron chi connectivity index (χ4n) is 1.67. The predicted molar refractivity (Wildman–Crippen MR) is 59.7 cm³/mol. The number of rotatable bonds is 4. The van der Waals surface area contributed by atoms with Crippen molar-refractivity contribution in [2.45, 2.75) is 38.8 Å². The first-order valence-electron chi connectivity index (χ1n) is 5.52. The number of carbonyl (C=O) groups is 1. The van der Waals surface area contributed by atoms with Crippen LogP contribution < -0.4 is 10.6 Å². The SMILES string of the molecule is COC(C)(C)CNC(=O)C1NCCC1C. The molecule has 1 rings (SSSR count). The average molecular weight is 214 g/mol. The van der Waals surface area contributed by atoms with Gasteiger partial charge in [-0.1, -0.05) is 6.92 Å². The molecule has 0 bridgehead atoms. The van der Waals surface area contributed by atoms with Gasteiger partial charge in [0, 0.05) is 13.7 Å². The highest BCUT2D eigenvalue weighted by Crippen LogP contribution is 2.14. The average Bonchev–Trinajstić information content (AvgIpc) is 2.61. The zero-order chi connectivity index (χ0) is 11.5. The van der Waals surface area contributed by atoms with Gasteiger partial charge in [0.1, 0.15) is 0 Å². The van der Waals surface area contributed by atoms with Gasteiger partial charge in [-0.3, -0.25) is 4.79 Å². The summed E-state index contributed by atoms with van der Waals surface area (Å²) in [6.45, 7) is 7.50. The summed E-state index contributed by atoms with van der Waals surface area (Å²) in [5, 5.41) is 6.13. The van der Waals surface area contributed by atoms with Crippen LogP contribution in [0, 0.1) is 5.92 Å². The molecular formula is C11H22N2O2. The molecule has 0 aromatic rings. The molecule has 1 heterocycles. The molecule has 2 N–H and O–H groups in total. The van der Waals surface area contributed by atoms with Crippen LogP contribution in [0.15, 0.2) is 0 Å². The summed E-state index contributed by atoms with van der Waals surface area (Å²) in [4.78, 5) is 11.8. The van der Waals surface area contributed by atoms with E-state index in [1.165, 1.54) is 0 Å². The minimum absolute atomic E-state index is 0.0299. The smallest absolute Gasteiger partial charge is 0.237 e. The Morgan fingerprint density at radius 3 is 2.73 bits per heavy atom. The molecule has 0 aliphatic carbocycles. The van der Waals surface area contributed by atoms with Crippen LogP contribution in [0.4, 0.5) is 0 Å². The van der Waals surface area contributed by atoms with Crippen molar-refractivity contribution in [2.75, 3.05) is 20.2 Å². The molecule has 0 aromatic heterocycles. The van der Waals surface area contributed by atoms with Crippen LogP contribution in [0.5, 0.6) is 0 Å². The van der Waals surface area contributed by atoms with Gasteiger partial charge in [-0.15, -0.1) is 0 Å². The Bertz CT molecular complexity index is 229. The normalized spacial score (nSPS) is 26.7. The third kappa shape index (κ3) is 3.47. The second kappa shape index (κ2) is 4.94. The maximum absolute atomic E-state index is 11.8. The fraction of sp³-hybridized carbons (Fsp3) is 0.909. The molecule has 1 aliphatic heterocycles. The van der Waals surface area contributed by atoms with E-state index in [2.05, 4.69) is 17.6 Å². The van der Waals surface area contributed by atoms with Gasteiger partial charge in [0.05, 0.1) is 11.6 Å². The molecule has 1 fully saturated rings. The van der Waals surface area contributed by atoms with E-state index in [0.29, 0.717) is 12.5 Å². The maximum Gasteiger partial charge on any atom is 0.237 e. The quantitative estimate of drug-likeness (QED) is 0.717. The van der Waals surface area contributed by atoms with Crippen LogP contribution in [-0.4, -0.2) is 37.7 Å². The number of carbonyl (C=O) groups excluding carboxylic acids is 1. The van der Waals surface area contributed by atoms with E-state index in [9.17, 15) is 4.79 Å². The topological polar surface area (TPSA) is 50.4 Å². The molecule has 0 radical (unpaired) electrons. The Morgan fingerprint density at radius 2 is 2.27 bits per heavy atom. The lowest BCUT2D eigenvalue weighted by Crippen LogP contribution is -2.48. The molecule has 1 amide bonds. The van der Waals surface area contributed by atoms with E-state index in [1.807, 2.05) is 13.8 Å². The van der Waals surface area contributed by atoms with Crippen molar-refractivity contribution < 1.29 is 9.53 Å². The van der Waals surface area contributed by atoms with Crippen LogP contribution in [0.3, 0.4) is 0 Å². The summed E-state index contributed by atoms with van der Waals surface area (Å²) < 4.78 is 5.24. The van der Waals surface area contributed by atoms with Crippen molar-refractivity contribution in [3.8, 4) is 0 Å². The lowest BCUT2D eigenvalue weighted by atomic mass is 10.0. The van der Waals surface area contributed by atoms with E-state index in [1.54, 1.807) is 7.11 Å². The van der Waals surface area contributed by atoms with Gasteiger partial charge in [0.25, 0.3) is 0 Å². The lowest BCUT2D eigenvalue weighted by molar-refractivity contribution is -0.124. The largest absolute Gasteiger partial charge is 0.377 e. The summed E-state index contributed by atoms with van der Waals surface area (Å²) in [7, 11) is 1.66. The number of hydrogen-bond donors (Lipinski definition) is 2. The minimum Gasteiger partial charge on any atom is -0.377 e. The molecule has 4 heteroatoms. The molecule has 88 valence electrons. The number of ether oxygens (including phenoxy) is 1. The Balaban J connectivity index is 2.36. The Labute approximate surface area is 91.8 Å². The summed E-state index contributed by atoms with van der Waals surface area (Å²) in [6, 6.07) is -0.0299. The van der Waals surface area contributed by atoms with Crippen LogP contribution >= 0.6 is 0 Å². The molecule has 4 nitrogen and oxygen atoms in total. The van der Waals surface area contributed by atoms with E-state index in [-0.39, 0.29) is 17.6 Å². The third-order valence-electron chi connectivity index (χ3n) is 3.06. The standard InChI is InChI=1S/C11H22N2O2/c1-8-5-6-12-9(8)10(14)13-7-11(2,3)15-4/h8-9,12H,5-7H2,1-4H3,(H,13,14). The molecular weight excluding hydrogens is 192 g/mol. The molecule has 0 spiro atoms. The highest BCUT2D eigenvalue weighted by atomic mass is 16.5. The molecule has 2 atom stereocenters. The van der Waals surface area contributed by atoms with Gasteiger partial charge in [-0.2, -0.15) is 0 Å². The van der Waals surface area contributed by atoms with E-state index in [0.717, 1.165) is 13.0 Å². The summed E-state index contributed by atoms with van der Waals surface area (Å²) in [5.74, 6) is 0.515. The lowest BCUT2D eigenvalue weighted by Gasteiger charge is -2.24. The van der Waals surface area contributed by atoms with Gasteiger partial charge < -0.3 is 15.4 Å². The minimum atomic E-state index is -0.294. The zero-order valence-corrected chi connectivity index (χ0v) is 10.1. The number of nitrogens with one attached hydrogen (secondary N) is 2. The van der Waals surface area contributed by atoms with Gasteiger partial charge in [0.15, 0.2) is 0 Å². The van der Waals surface area contributed by atoms with Gasteiger partial charge in [-0.25, -0.2) is 0 Å². The van der Waals surface area contributed by atoms with E-state index >= 15 is 0 Å². The Morgan fingerprint density at radius 1 is 1.60 bits per heavy atom. The number of methoxy groups -OCH3 is 1. The highest BCUT2D eigenvalue weighted by molar-refractivity contribution is 5.82. The van der Waals surface area contributed by atoms with Crippen molar-refractivity contribution in [1.29, 1.82) is 0 Å². The van der Waals surface area contributed by atoms with Gasteiger partial charge in [0.2, 0.25) is 5.91 Å². The molecule has 1 saturated heterocycles. The van der Waals surface area contributed by atoms with Gasteiger partial charge >= 0.3 is 0 Å². The second-order valence-corrected chi connectivity index (χ2v) is 4.88. The van der Waals surface area contributed by atoms with Crippen molar-refractivity contribution in [1.82, 2.24) is 10.6 Å². The van der Waals surface area contributed by atoms with E-state index in [4.69, 9.17) is 4.74 Å². The van der Waals surface area contributed by atoms with Crippen LogP contribution in [0.2, 0.25) is 0 Å². The second-order valence-electron chi connectivity index (χ2n) is 4.88. The monoisotopic (exact) mass is 214 g/mol. The molecule has 2 unspecified atom stereocenters. The Kier molecular flexibility index (Phi) is 4.11. The zero-order valence-electron chi connectivity index (χ0n) is 10.1.